The molecule has 1 heterocycles. The van der Waals surface area contributed by atoms with Crippen LogP contribution in [-0.2, 0) is 11.3 Å². The van der Waals surface area contributed by atoms with Crippen LogP contribution < -0.4 is 10.1 Å². The molecule has 158 valence electrons. The summed E-state index contributed by atoms with van der Waals surface area (Å²) in [6.07, 6.45) is 2.16. The number of nitrogens with one attached hydrogen (secondary N) is 1. The molecule has 1 aromatic rings. The molecule has 1 aliphatic rings. The molecular weight excluding hydrogens is 366 g/mol. The summed E-state index contributed by atoms with van der Waals surface area (Å²) in [7, 11) is 1.97. The largest absolute Gasteiger partial charge is 0.435 e. The molecule has 0 aliphatic carbocycles. The Hall–Kier alpha value is -1.93. The summed E-state index contributed by atoms with van der Waals surface area (Å²) in [5, 5.41) is 3.31. The van der Waals surface area contributed by atoms with E-state index in [9.17, 15) is 8.78 Å². The van der Waals surface area contributed by atoms with Crippen molar-refractivity contribution in [2.75, 3.05) is 53.0 Å². The topological polar surface area (TPSA) is 49.3 Å². The van der Waals surface area contributed by atoms with E-state index in [0.29, 0.717) is 6.54 Å². The Morgan fingerprint density at radius 2 is 1.96 bits per heavy atom. The minimum absolute atomic E-state index is 0.169. The molecule has 1 fully saturated rings. The highest BCUT2D eigenvalue weighted by atomic mass is 19.3. The molecule has 6 nitrogen and oxygen atoms in total. The Kier molecular flexibility index (Phi) is 9.99. The van der Waals surface area contributed by atoms with Gasteiger partial charge in [-0.05, 0) is 44.0 Å². The molecule has 0 unspecified atom stereocenters. The van der Waals surface area contributed by atoms with Crippen molar-refractivity contribution in [1.29, 1.82) is 0 Å². The van der Waals surface area contributed by atoms with Gasteiger partial charge in [-0.25, -0.2) is 0 Å². The Balaban J connectivity index is 1.77. The van der Waals surface area contributed by atoms with Gasteiger partial charge in [-0.15, -0.1) is 0 Å². The summed E-state index contributed by atoms with van der Waals surface area (Å²) in [4.78, 5) is 9.19. The number of hydrogen-bond donors (Lipinski definition) is 1. The quantitative estimate of drug-likeness (QED) is 0.373. The van der Waals surface area contributed by atoms with Gasteiger partial charge in [-0.3, -0.25) is 9.89 Å². The molecule has 8 heteroatoms. The fourth-order valence-electron chi connectivity index (χ4n) is 3.05. The number of nitrogens with zero attached hydrogens (tertiary/aromatic N) is 3. The van der Waals surface area contributed by atoms with Crippen molar-refractivity contribution in [2.45, 2.75) is 32.9 Å². The smallest absolute Gasteiger partial charge is 0.387 e. The van der Waals surface area contributed by atoms with Crippen LogP contribution in [0.4, 0.5) is 8.78 Å². The number of unbranched alkanes of at least 4 members (excludes halogenated alkanes) is 1. The number of alkyl halides is 2. The third-order valence-corrected chi connectivity index (χ3v) is 4.51. The Bertz CT molecular complexity index is 578. The predicted octanol–water partition coefficient (Wildman–Crippen LogP) is 2.80. The lowest BCUT2D eigenvalue weighted by molar-refractivity contribution is -0.0498. The third kappa shape index (κ3) is 8.39. The number of rotatable bonds is 10. The van der Waals surface area contributed by atoms with Crippen LogP contribution in [0.2, 0.25) is 0 Å². The van der Waals surface area contributed by atoms with Gasteiger partial charge in [0.1, 0.15) is 5.75 Å². The highest BCUT2D eigenvalue weighted by Crippen LogP contribution is 2.15. The van der Waals surface area contributed by atoms with Crippen LogP contribution >= 0.6 is 0 Å². The van der Waals surface area contributed by atoms with E-state index in [0.717, 1.165) is 70.3 Å². The molecule has 2 rings (SSSR count). The van der Waals surface area contributed by atoms with Crippen LogP contribution in [0.25, 0.3) is 0 Å². The van der Waals surface area contributed by atoms with Crippen LogP contribution in [0, 0.1) is 0 Å². The fourth-order valence-corrected chi connectivity index (χ4v) is 3.05. The monoisotopic (exact) mass is 398 g/mol. The minimum Gasteiger partial charge on any atom is -0.435 e. The average Bonchev–Trinajstić information content (AvgIpc) is 2.69. The highest BCUT2D eigenvalue weighted by molar-refractivity contribution is 5.79. The molecule has 0 aromatic heterocycles. The van der Waals surface area contributed by atoms with Crippen molar-refractivity contribution in [3.8, 4) is 5.75 Å². The second-order valence-corrected chi connectivity index (χ2v) is 6.78. The predicted molar refractivity (Wildman–Crippen MR) is 107 cm³/mol. The number of aliphatic imine (C=N–C) groups is 1. The van der Waals surface area contributed by atoms with E-state index in [-0.39, 0.29) is 5.75 Å². The summed E-state index contributed by atoms with van der Waals surface area (Å²) in [5.74, 6) is 1.02. The maximum atomic E-state index is 12.2. The van der Waals surface area contributed by atoms with Crippen LogP contribution in [0.3, 0.4) is 0 Å². The number of ether oxygens (including phenoxy) is 2. The number of benzene rings is 1. The van der Waals surface area contributed by atoms with Gasteiger partial charge in [0, 0.05) is 39.8 Å². The third-order valence-electron chi connectivity index (χ3n) is 4.51. The standard InChI is InChI=1S/C20H32F2N4O2/c1-3-23-20(24-10-4-5-11-26-12-14-27-15-13-26)25(2)16-17-6-8-18(9-7-17)28-19(21)22/h6-9,19H,3-5,10-16H2,1-2H3,(H,23,24). The number of guanidine groups is 1. The summed E-state index contributed by atoms with van der Waals surface area (Å²) in [6, 6.07) is 6.70. The highest BCUT2D eigenvalue weighted by Gasteiger charge is 2.10. The number of morpholine rings is 1. The molecule has 1 aromatic carbocycles. The van der Waals surface area contributed by atoms with E-state index < -0.39 is 6.61 Å². The molecule has 1 N–H and O–H groups in total. The first kappa shape index (κ1) is 22.4. The first-order valence-corrected chi connectivity index (χ1v) is 9.91. The van der Waals surface area contributed by atoms with Crippen molar-refractivity contribution >= 4 is 5.96 Å². The molecule has 0 saturated carbocycles. The summed E-state index contributed by atoms with van der Waals surface area (Å²) < 4.78 is 34.2. The summed E-state index contributed by atoms with van der Waals surface area (Å²) in [5.41, 5.74) is 1.00. The summed E-state index contributed by atoms with van der Waals surface area (Å²) >= 11 is 0. The van der Waals surface area contributed by atoms with E-state index in [1.54, 1.807) is 24.3 Å². The Labute approximate surface area is 166 Å². The molecule has 28 heavy (non-hydrogen) atoms. The maximum absolute atomic E-state index is 12.2. The normalized spacial score (nSPS) is 15.7. The Morgan fingerprint density at radius 1 is 1.25 bits per heavy atom. The van der Waals surface area contributed by atoms with Crippen molar-refractivity contribution in [3.05, 3.63) is 29.8 Å². The van der Waals surface area contributed by atoms with E-state index in [1.165, 1.54) is 0 Å². The first-order valence-electron chi connectivity index (χ1n) is 9.91. The van der Waals surface area contributed by atoms with Crippen LogP contribution in [0.1, 0.15) is 25.3 Å². The zero-order valence-corrected chi connectivity index (χ0v) is 16.9. The summed E-state index contributed by atoms with van der Waals surface area (Å²) in [6.45, 7) is 6.25. The van der Waals surface area contributed by atoms with E-state index >= 15 is 0 Å². The minimum atomic E-state index is -2.80. The van der Waals surface area contributed by atoms with E-state index in [1.807, 2.05) is 18.9 Å². The van der Waals surface area contributed by atoms with Crippen LogP contribution in [0.5, 0.6) is 5.75 Å². The molecule has 0 bridgehead atoms. The first-order chi connectivity index (χ1) is 13.6. The van der Waals surface area contributed by atoms with E-state index in [2.05, 4.69) is 15.0 Å². The molecule has 0 radical (unpaired) electrons. The van der Waals surface area contributed by atoms with Gasteiger partial charge in [-0.2, -0.15) is 8.78 Å². The molecule has 0 atom stereocenters. The Morgan fingerprint density at radius 3 is 2.61 bits per heavy atom. The van der Waals surface area contributed by atoms with Gasteiger partial charge in [0.05, 0.1) is 13.2 Å². The zero-order valence-electron chi connectivity index (χ0n) is 16.9. The van der Waals surface area contributed by atoms with E-state index in [4.69, 9.17) is 9.73 Å². The second-order valence-electron chi connectivity index (χ2n) is 6.78. The van der Waals surface area contributed by atoms with Crippen molar-refractivity contribution in [2.24, 2.45) is 4.99 Å². The van der Waals surface area contributed by atoms with Gasteiger partial charge >= 0.3 is 6.61 Å². The van der Waals surface area contributed by atoms with Gasteiger partial charge in [-0.1, -0.05) is 12.1 Å². The SMILES string of the molecule is CCNC(=NCCCCN1CCOCC1)N(C)Cc1ccc(OC(F)F)cc1. The molecule has 0 amide bonds. The van der Waals surface area contributed by atoms with Crippen LogP contribution in [0.15, 0.2) is 29.3 Å². The lowest BCUT2D eigenvalue weighted by Crippen LogP contribution is -2.38. The lowest BCUT2D eigenvalue weighted by Gasteiger charge is -2.26. The maximum Gasteiger partial charge on any atom is 0.387 e. The second kappa shape index (κ2) is 12.5. The van der Waals surface area contributed by atoms with Gasteiger partial charge < -0.3 is 19.7 Å². The fraction of sp³-hybridized carbons (Fsp3) is 0.650. The zero-order chi connectivity index (χ0) is 20.2. The van der Waals surface area contributed by atoms with Crippen LogP contribution in [-0.4, -0.2) is 75.4 Å². The molecule has 1 saturated heterocycles. The van der Waals surface area contributed by atoms with Gasteiger partial charge in [0.25, 0.3) is 0 Å². The molecule has 1 aliphatic heterocycles. The van der Waals surface area contributed by atoms with Gasteiger partial charge in [0.2, 0.25) is 0 Å². The lowest BCUT2D eigenvalue weighted by atomic mass is 10.2. The van der Waals surface area contributed by atoms with Gasteiger partial charge in [0.15, 0.2) is 5.96 Å². The van der Waals surface area contributed by atoms with Crippen molar-refractivity contribution in [3.63, 3.8) is 0 Å². The molecule has 0 spiro atoms. The average molecular weight is 398 g/mol. The van der Waals surface area contributed by atoms with Crippen molar-refractivity contribution < 1.29 is 18.3 Å². The molecular formula is C20H32F2N4O2. The number of hydrogen-bond acceptors (Lipinski definition) is 4. The van der Waals surface area contributed by atoms with Crippen molar-refractivity contribution in [1.82, 2.24) is 15.1 Å². The number of halogens is 2.